The molecule has 1 rings (SSSR count). The Morgan fingerprint density at radius 3 is 2.53 bits per heavy atom. The predicted octanol–water partition coefficient (Wildman–Crippen LogP) is 1.31. The number of nitrogens with one attached hydrogen (secondary N) is 1. The van der Waals surface area contributed by atoms with Crippen LogP contribution in [0.4, 0.5) is 14.5 Å². The van der Waals surface area contributed by atoms with Gasteiger partial charge in [0.15, 0.2) is 0 Å². The quantitative estimate of drug-likeness (QED) is 0.606. The van der Waals surface area contributed by atoms with Crippen molar-refractivity contribution in [3.8, 4) is 0 Å². The minimum Gasteiger partial charge on any atom is -0.394 e. The lowest BCUT2D eigenvalue weighted by atomic mass is 10.1. The summed E-state index contributed by atoms with van der Waals surface area (Å²) in [5.41, 5.74) is 4.42. The number of ether oxygens (including phenoxy) is 1. The van der Waals surface area contributed by atoms with E-state index < -0.39 is 23.2 Å². The summed E-state index contributed by atoms with van der Waals surface area (Å²) in [6.45, 7) is 0.880. The van der Waals surface area contributed by atoms with Crippen LogP contribution in [0.1, 0.15) is 16.8 Å². The summed E-state index contributed by atoms with van der Waals surface area (Å²) in [6.07, 6.45) is 0.627. The molecule has 0 heterocycles. The van der Waals surface area contributed by atoms with Gasteiger partial charge in [0, 0.05) is 25.8 Å². The average molecular weight is 244 g/mol. The molecule has 0 spiro atoms. The molecular weight excluding hydrogens is 230 g/mol. The fourth-order valence-corrected chi connectivity index (χ4v) is 1.24. The fraction of sp³-hybridized carbons (Fsp3) is 0.364. The summed E-state index contributed by atoms with van der Waals surface area (Å²) in [4.78, 5) is 11.5. The van der Waals surface area contributed by atoms with Crippen LogP contribution in [-0.4, -0.2) is 26.2 Å². The number of methoxy groups -OCH3 is 1. The largest absolute Gasteiger partial charge is 0.394 e. The first-order valence-corrected chi connectivity index (χ1v) is 5.08. The zero-order valence-electron chi connectivity index (χ0n) is 9.43. The molecule has 0 radical (unpaired) electrons. The van der Waals surface area contributed by atoms with Crippen LogP contribution in [0.5, 0.6) is 0 Å². The smallest absolute Gasteiger partial charge is 0.251 e. The van der Waals surface area contributed by atoms with Crippen molar-refractivity contribution in [2.75, 3.05) is 26.0 Å². The lowest BCUT2D eigenvalue weighted by Gasteiger charge is -2.06. The van der Waals surface area contributed by atoms with Crippen LogP contribution in [0, 0.1) is 11.6 Å². The molecule has 94 valence electrons. The number of carbonyl (C=O) groups is 1. The molecule has 1 aromatic carbocycles. The molecule has 3 N–H and O–H groups in total. The number of halogens is 2. The first-order chi connectivity index (χ1) is 8.06. The van der Waals surface area contributed by atoms with Gasteiger partial charge in [-0.15, -0.1) is 0 Å². The molecule has 0 fully saturated rings. The highest BCUT2D eigenvalue weighted by molar-refractivity contribution is 5.94. The standard InChI is InChI=1S/C11H14F2N2O2/c1-17-4-2-3-15-11(16)7-5-8(12)10(14)9(13)6-7/h5-6H,2-4,14H2,1H3,(H,15,16). The van der Waals surface area contributed by atoms with Gasteiger partial charge in [0.1, 0.15) is 17.3 Å². The molecule has 17 heavy (non-hydrogen) atoms. The monoisotopic (exact) mass is 244 g/mol. The molecule has 0 saturated carbocycles. The lowest BCUT2D eigenvalue weighted by Crippen LogP contribution is -2.25. The van der Waals surface area contributed by atoms with E-state index in [2.05, 4.69) is 5.32 Å². The molecule has 0 atom stereocenters. The summed E-state index contributed by atoms with van der Waals surface area (Å²) in [6, 6.07) is 1.81. The first-order valence-electron chi connectivity index (χ1n) is 5.08. The summed E-state index contributed by atoms with van der Waals surface area (Å²) < 4.78 is 31.0. The number of anilines is 1. The van der Waals surface area contributed by atoms with Crippen LogP contribution in [0.15, 0.2) is 12.1 Å². The number of hydrogen-bond acceptors (Lipinski definition) is 3. The van der Waals surface area contributed by atoms with Crippen LogP contribution >= 0.6 is 0 Å². The highest BCUT2D eigenvalue weighted by atomic mass is 19.1. The van der Waals surface area contributed by atoms with Gasteiger partial charge < -0.3 is 15.8 Å². The van der Waals surface area contributed by atoms with E-state index in [9.17, 15) is 13.6 Å². The van der Waals surface area contributed by atoms with Gasteiger partial charge >= 0.3 is 0 Å². The van der Waals surface area contributed by atoms with Crippen molar-refractivity contribution in [2.24, 2.45) is 0 Å². The molecule has 0 aliphatic rings. The molecule has 0 aliphatic carbocycles. The Balaban J connectivity index is 2.63. The third-order valence-electron chi connectivity index (χ3n) is 2.15. The van der Waals surface area contributed by atoms with Crippen LogP contribution in [0.3, 0.4) is 0 Å². The van der Waals surface area contributed by atoms with Crippen molar-refractivity contribution in [2.45, 2.75) is 6.42 Å². The fourth-order valence-electron chi connectivity index (χ4n) is 1.24. The molecule has 0 saturated heterocycles. The van der Waals surface area contributed by atoms with Crippen molar-refractivity contribution in [1.29, 1.82) is 0 Å². The maximum absolute atomic E-state index is 13.1. The van der Waals surface area contributed by atoms with E-state index in [1.807, 2.05) is 0 Å². The predicted molar refractivity (Wildman–Crippen MR) is 59.6 cm³/mol. The van der Waals surface area contributed by atoms with Crippen LogP contribution in [0.25, 0.3) is 0 Å². The Morgan fingerprint density at radius 1 is 1.41 bits per heavy atom. The van der Waals surface area contributed by atoms with Gasteiger partial charge in [-0.1, -0.05) is 0 Å². The second-order valence-electron chi connectivity index (χ2n) is 3.46. The minimum absolute atomic E-state index is 0.0911. The normalized spacial score (nSPS) is 10.3. The number of amides is 1. The SMILES string of the molecule is COCCCNC(=O)c1cc(F)c(N)c(F)c1. The molecule has 4 nitrogen and oxygen atoms in total. The first kappa shape index (κ1) is 13.4. The van der Waals surface area contributed by atoms with Crippen molar-refractivity contribution in [1.82, 2.24) is 5.32 Å². The number of nitrogens with two attached hydrogens (primary N) is 1. The third kappa shape index (κ3) is 3.67. The summed E-state index contributed by atoms with van der Waals surface area (Å²) >= 11 is 0. The maximum atomic E-state index is 13.1. The Bertz CT molecular complexity index is 387. The number of hydrogen-bond donors (Lipinski definition) is 2. The molecular formula is C11H14F2N2O2. The molecule has 1 amide bonds. The van der Waals surface area contributed by atoms with E-state index in [-0.39, 0.29) is 5.56 Å². The van der Waals surface area contributed by atoms with Crippen molar-refractivity contribution in [3.63, 3.8) is 0 Å². The average Bonchev–Trinajstić information content (AvgIpc) is 2.30. The van der Waals surface area contributed by atoms with Gasteiger partial charge in [0.05, 0.1) is 0 Å². The van der Waals surface area contributed by atoms with Gasteiger partial charge in [-0.05, 0) is 18.6 Å². The second-order valence-corrected chi connectivity index (χ2v) is 3.46. The molecule has 6 heteroatoms. The molecule has 1 aromatic rings. The van der Waals surface area contributed by atoms with Gasteiger partial charge in [-0.3, -0.25) is 4.79 Å². The van der Waals surface area contributed by atoms with E-state index in [1.54, 1.807) is 7.11 Å². The Hall–Kier alpha value is -1.69. The van der Waals surface area contributed by atoms with E-state index in [0.717, 1.165) is 12.1 Å². The highest BCUT2D eigenvalue weighted by Gasteiger charge is 2.12. The van der Waals surface area contributed by atoms with Gasteiger partial charge in [-0.25, -0.2) is 8.78 Å². The summed E-state index contributed by atoms with van der Waals surface area (Å²) in [5, 5.41) is 2.51. The molecule has 0 aromatic heterocycles. The topological polar surface area (TPSA) is 64.3 Å². The zero-order valence-corrected chi connectivity index (χ0v) is 9.43. The van der Waals surface area contributed by atoms with E-state index in [0.29, 0.717) is 19.6 Å². The number of carbonyl (C=O) groups excluding carboxylic acids is 1. The Kier molecular flexibility index (Phi) is 4.84. The lowest BCUT2D eigenvalue weighted by molar-refractivity contribution is 0.0947. The van der Waals surface area contributed by atoms with Gasteiger partial charge in [0.25, 0.3) is 5.91 Å². The van der Waals surface area contributed by atoms with E-state index in [4.69, 9.17) is 10.5 Å². The van der Waals surface area contributed by atoms with Crippen LogP contribution in [0.2, 0.25) is 0 Å². The van der Waals surface area contributed by atoms with Gasteiger partial charge in [0.2, 0.25) is 0 Å². The Morgan fingerprint density at radius 2 is 2.00 bits per heavy atom. The van der Waals surface area contributed by atoms with E-state index in [1.165, 1.54) is 0 Å². The second kappa shape index (κ2) is 6.15. The van der Waals surface area contributed by atoms with Crippen molar-refractivity contribution >= 4 is 11.6 Å². The van der Waals surface area contributed by atoms with Crippen LogP contribution in [-0.2, 0) is 4.74 Å². The number of nitrogen functional groups attached to an aromatic ring is 1. The van der Waals surface area contributed by atoms with Crippen molar-refractivity contribution in [3.05, 3.63) is 29.3 Å². The third-order valence-corrected chi connectivity index (χ3v) is 2.15. The minimum atomic E-state index is -0.938. The zero-order chi connectivity index (χ0) is 12.8. The van der Waals surface area contributed by atoms with E-state index >= 15 is 0 Å². The highest BCUT2D eigenvalue weighted by Crippen LogP contribution is 2.17. The summed E-state index contributed by atoms with van der Waals surface area (Å²) in [7, 11) is 1.55. The number of rotatable bonds is 5. The van der Waals surface area contributed by atoms with Crippen LogP contribution < -0.4 is 11.1 Å². The number of benzene rings is 1. The maximum Gasteiger partial charge on any atom is 0.251 e. The Labute approximate surface area is 97.8 Å². The molecule has 0 unspecified atom stereocenters. The molecule has 0 bridgehead atoms. The molecule has 0 aliphatic heterocycles. The summed E-state index contributed by atoms with van der Waals surface area (Å²) in [5.74, 6) is -2.42. The van der Waals surface area contributed by atoms with Crippen molar-refractivity contribution < 1.29 is 18.3 Å². The van der Waals surface area contributed by atoms with Gasteiger partial charge in [-0.2, -0.15) is 0 Å².